The summed E-state index contributed by atoms with van der Waals surface area (Å²) in [7, 11) is -0.621. The Hall–Kier alpha value is 0.910. The van der Waals surface area contributed by atoms with Crippen molar-refractivity contribution in [2.45, 2.75) is 97.1 Å². The van der Waals surface area contributed by atoms with Gasteiger partial charge in [-0.2, -0.15) is 0 Å². The van der Waals surface area contributed by atoms with Crippen molar-refractivity contribution in [1.29, 1.82) is 0 Å². The van der Waals surface area contributed by atoms with Gasteiger partial charge >= 0.3 is 0 Å². The van der Waals surface area contributed by atoms with Gasteiger partial charge in [-0.25, -0.2) is 0 Å². The van der Waals surface area contributed by atoms with Crippen molar-refractivity contribution in [1.82, 2.24) is 0 Å². The van der Waals surface area contributed by atoms with Crippen molar-refractivity contribution in [3.8, 4) is 0 Å². The van der Waals surface area contributed by atoms with Crippen LogP contribution in [0, 0.1) is 0 Å². The summed E-state index contributed by atoms with van der Waals surface area (Å²) in [4.78, 5) is 0. The highest BCUT2D eigenvalue weighted by Gasteiger charge is 2.43. The molecule has 1 aliphatic carbocycles. The summed E-state index contributed by atoms with van der Waals surface area (Å²) in [5.41, 5.74) is 1.17. The fourth-order valence-electron chi connectivity index (χ4n) is 3.93. The number of halogens is 1. The Balaban J connectivity index is 0.00000361. The summed E-state index contributed by atoms with van der Waals surface area (Å²) in [6.45, 7) is 7.15. The molecule has 0 nitrogen and oxygen atoms in total. The van der Waals surface area contributed by atoms with E-state index >= 15 is 0 Å². The van der Waals surface area contributed by atoms with Gasteiger partial charge in [-0.3, -0.25) is 0 Å². The SMILES string of the molecule is CCCC[P+](CCCC)(CCCC)C1CCCCC1.[Br-]. The van der Waals surface area contributed by atoms with Crippen molar-refractivity contribution in [3.63, 3.8) is 0 Å². The van der Waals surface area contributed by atoms with E-state index in [1.54, 1.807) is 31.3 Å². The van der Waals surface area contributed by atoms with Crippen LogP contribution in [0.3, 0.4) is 0 Å². The lowest BCUT2D eigenvalue weighted by Crippen LogP contribution is -3.00. The monoisotopic (exact) mass is 364 g/mol. The largest absolute Gasteiger partial charge is 1.00 e. The first-order valence-corrected chi connectivity index (χ1v) is 11.6. The molecule has 0 aliphatic heterocycles. The molecule has 0 aromatic heterocycles. The third-order valence-electron chi connectivity index (χ3n) is 5.22. The van der Waals surface area contributed by atoms with Gasteiger partial charge in [0.25, 0.3) is 0 Å². The number of rotatable bonds is 10. The van der Waals surface area contributed by atoms with Crippen LogP contribution < -0.4 is 17.0 Å². The molecule has 1 saturated carbocycles. The molecule has 0 aromatic rings. The van der Waals surface area contributed by atoms with Gasteiger partial charge in [-0.15, -0.1) is 0 Å². The van der Waals surface area contributed by atoms with E-state index in [0.29, 0.717) is 0 Å². The van der Waals surface area contributed by atoms with Gasteiger partial charge in [0.15, 0.2) is 0 Å². The summed E-state index contributed by atoms with van der Waals surface area (Å²) in [6, 6.07) is 0. The number of unbranched alkanes of at least 4 members (excludes halogenated alkanes) is 3. The molecule has 122 valence electrons. The normalized spacial score (nSPS) is 16.9. The number of hydrogen-bond acceptors (Lipinski definition) is 0. The maximum Gasteiger partial charge on any atom is 0.0697 e. The zero-order valence-corrected chi connectivity index (χ0v) is 16.8. The molecule has 1 fully saturated rings. The van der Waals surface area contributed by atoms with E-state index in [9.17, 15) is 0 Å². The van der Waals surface area contributed by atoms with Gasteiger partial charge in [0.1, 0.15) is 0 Å². The molecule has 0 radical (unpaired) electrons. The van der Waals surface area contributed by atoms with Gasteiger partial charge in [0.05, 0.1) is 24.1 Å². The van der Waals surface area contributed by atoms with E-state index in [2.05, 4.69) is 20.8 Å². The highest BCUT2D eigenvalue weighted by molar-refractivity contribution is 7.76. The van der Waals surface area contributed by atoms with Crippen molar-refractivity contribution >= 4 is 7.26 Å². The highest BCUT2D eigenvalue weighted by atomic mass is 79.9. The molecule has 20 heavy (non-hydrogen) atoms. The molecule has 0 spiro atoms. The van der Waals surface area contributed by atoms with E-state index in [1.807, 2.05) is 0 Å². The predicted octanol–water partition coefficient (Wildman–Crippen LogP) is 3.74. The molecule has 1 aliphatic rings. The molecule has 0 aromatic carbocycles. The molecule has 0 saturated heterocycles. The second-order valence-corrected chi connectivity index (χ2v) is 11.3. The molecule has 0 unspecified atom stereocenters. The minimum absolute atomic E-state index is 0. The maximum absolute atomic E-state index is 2.38. The van der Waals surface area contributed by atoms with Crippen molar-refractivity contribution in [3.05, 3.63) is 0 Å². The Bertz CT molecular complexity index is 190. The summed E-state index contributed by atoms with van der Waals surface area (Å²) in [5.74, 6) is 0. The molecule has 1 rings (SSSR count). The predicted molar refractivity (Wildman–Crippen MR) is 93.1 cm³/mol. The summed E-state index contributed by atoms with van der Waals surface area (Å²) in [5, 5.41) is 0. The van der Waals surface area contributed by atoms with Crippen LogP contribution in [-0.4, -0.2) is 24.1 Å². The lowest BCUT2D eigenvalue weighted by atomic mass is 10.0. The molecule has 0 bridgehead atoms. The first kappa shape index (κ1) is 20.9. The quantitative estimate of drug-likeness (QED) is 0.518. The van der Waals surface area contributed by atoms with Crippen LogP contribution in [0.15, 0.2) is 0 Å². The third kappa shape index (κ3) is 6.78. The molecule has 0 heterocycles. The van der Waals surface area contributed by atoms with Gasteiger partial charge in [-0.05, 0) is 44.9 Å². The van der Waals surface area contributed by atoms with Crippen molar-refractivity contribution < 1.29 is 17.0 Å². The molecule has 2 heteroatoms. The van der Waals surface area contributed by atoms with Crippen LogP contribution in [0.5, 0.6) is 0 Å². The average molecular weight is 365 g/mol. The van der Waals surface area contributed by atoms with Crippen LogP contribution in [-0.2, 0) is 0 Å². The maximum atomic E-state index is 2.38. The Labute approximate surface area is 140 Å². The molecular weight excluding hydrogens is 327 g/mol. The highest BCUT2D eigenvalue weighted by Crippen LogP contribution is 2.67. The number of hydrogen-bond donors (Lipinski definition) is 0. The van der Waals surface area contributed by atoms with Crippen LogP contribution in [0.4, 0.5) is 0 Å². The lowest BCUT2D eigenvalue weighted by Gasteiger charge is -2.37. The molecule has 0 N–H and O–H groups in total. The van der Waals surface area contributed by atoms with Crippen LogP contribution in [0.25, 0.3) is 0 Å². The van der Waals surface area contributed by atoms with Gasteiger partial charge in [0, 0.05) is 7.26 Å². The van der Waals surface area contributed by atoms with Crippen LogP contribution in [0.2, 0.25) is 0 Å². The first-order valence-electron chi connectivity index (χ1n) is 9.14. The topological polar surface area (TPSA) is 0 Å². The van der Waals surface area contributed by atoms with E-state index in [-0.39, 0.29) is 17.0 Å². The van der Waals surface area contributed by atoms with Gasteiger partial charge in [-0.1, -0.05) is 46.5 Å². The lowest BCUT2D eigenvalue weighted by molar-refractivity contribution is -0.00000433. The van der Waals surface area contributed by atoms with Crippen molar-refractivity contribution in [2.24, 2.45) is 0 Å². The minimum atomic E-state index is -0.621. The summed E-state index contributed by atoms with van der Waals surface area (Å²) < 4.78 is 0. The first-order chi connectivity index (χ1) is 9.29. The van der Waals surface area contributed by atoms with Gasteiger partial charge in [0.2, 0.25) is 0 Å². The Morgan fingerprint density at radius 3 is 1.45 bits per heavy atom. The second-order valence-electron chi connectivity index (χ2n) is 6.74. The Morgan fingerprint density at radius 2 is 1.10 bits per heavy atom. The van der Waals surface area contributed by atoms with Gasteiger partial charge < -0.3 is 17.0 Å². The van der Waals surface area contributed by atoms with E-state index in [4.69, 9.17) is 0 Å². The molecular formula is C18H38BrP. The fraction of sp³-hybridized carbons (Fsp3) is 1.00. The van der Waals surface area contributed by atoms with Crippen LogP contribution in [0.1, 0.15) is 91.4 Å². The standard InChI is InChI=1S/C18H38P.BrH/c1-4-7-15-19(16-8-5-2,17-9-6-3)18-13-11-10-12-14-18;/h18H,4-17H2,1-3H3;1H/q+1;/p-1. The zero-order valence-electron chi connectivity index (χ0n) is 14.3. The smallest absolute Gasteiger partial charge is 0.0697 e. The van der Waals surface area contributed by atoms with E-state index < -0.39 is 7.26 Å². The Morgan fingerprint density at radius 1 is 0.700 bits per heavy atom. The molecule has 0 amide bonds. The van der Waals surface area contributed by atoms with E-state index in [0.717, 1.165) is 0 Å². The summed E-state index contributed by atoms with van der Waals surface area (Å²) in [6.07, 6.45) is 21.4. The van der Waals surface area contributed by atoms with Crippen LogP contribution >= 0.6 is 7.26 Å². The second kappa shape index (κ2) is 12.5. The summed E-state index contributed by atoms with van der Waals surface area (Å²) >= 11 is 0. The molecule has 0 atom stereocenters. The fourth-order valence-corrected chi connectivity index (χ4v) is 10.00. The zero-order chi connectivity index (χ0) is 14.0. The average Bonchev–Trinajstić information content (AvgIpc) is 2.48. The Kier molecular flexibility index (Phi) is 13.0. The van der Waals surface area contributed by atoms with Crippen molar-refractivity contribution in [2.75, 3.05) is 18.5 Å². The van der Waals surface area contributed by atoms with E-state index in [1.165, 1.54) is 63.4 Å². The third-order valence-corrected chi connectivity index (χ3v) is 10.9. The minimum Gasteiger partial charge on any atom is -1.00 e.